The fraction of sp³-hybridized carbons (Fsp3) is 0.684. The van der Waals surface area contributed by atoms with E-state index in [1.165, 1.54) is 31.2 Å². The number of hydrogen-bond donors (Lipinski definition) is 0. The molecule has 0 spiro atoms. The zero-order valence-electron chi connectivity index (χ0n) is 14.4. The van der Waals surface area contributed by atoms with Crippen LogP contribution in [-0.2, 0) is 6.42 Å². The summed E-state index contributed by atoms with van der Waals surface area (Å²) in [6.45, 7) is 4.74. The lowest BCUT2D eigenvalue weighted by Gasteiger charge is -2.46. The minimum Gasteiger partial charge on any atom is -0.497 e. The van der Waals surface area contributed by atoms with Gasteiger partial charge in [-0.25, -0.2) is 0 Å². The standard InChI is InChI=1S/C19H31NO/c1-15(2)17-10-12-19(13-11-17,20(3)4)14-16-6-8-18(21-5)9-7-16/h6-9,15,17H,10-14H2,1-5H3. The SMILES string of the molecule is COc1ccc(CC2(N(C)C)CCC(C(C)C)CC2)cc1. The molecule has 118 valence electrons. The highest BCUT2D eigenvalue weighted by Crippen LogP contribution is 2.40. The van der Waals surface area contributed by atoms with Crippen molar-refractivity contribution in [2.45, 2.75) is 51.5 Å². The van der Waals surface area contributed by atoms with E-state index in [-0.39, 0.29) is 0 Å². The van der Waals surface area contributed by atoms with Crippen molar-refractivity contribution >= 4 is 0 Å². The first-order valence-electron chi connectivity index (χ1n) is 8.27. The normalized spacial score (nSPS) is 26.3. The molecule has 0 radical (unpaired) electrons. The topological polar surface area (TPSA) is 12.5 Å². The molecule has 21 heavy (non-hydrogen) atoms. The predicted octanol–water partition coefficient (Wildman–Crippen LogP) is 4.38. The number of benzene rings is 1. The lowest BCUT2D eigenvalue weighted by Crippen LogP contribution is -2.49. The van der Waals surface area contributed by atoms with E-state index in [4.69, 9.17) is 4.74 Å². The molecule has 0 aliphatic heterocycles. The molecule has 0 amide bonds. The van der Waals surface area contributed by atoms with Gasteiger partial charge in [0.05, 0.1) is 7.11 Å². The summed E-state index contributed by atoms with van der Waals surface area (Å²) in [5, 5.41) is 0. The van der Waals surface area contributed by atoms with Gasteiger partial charge >= 0.3 is 0 Å². The third-order valence-corrected chi connectivity index (χ3v) is 5.54. The summed E-state index contributed by atoms with van der Waals surface area (Å²) in [6, 6.07) is 8.61. The summed E-state index contributed by atoms with van der Waals surface area (Å²) in [5.74, 6) is 2.68. The average molecular weight is 289 g/mol. The minimum atomic E-state index is 0.333. The molecule has 0 heterocycles. The molecular weight excluding hydrogens is 258 g/mol. The number of likely N-dealkylation sites (N-methyl/N-ethyl adjacent to an activating group) is 1. The molecule has 2 heteroatoms. The molecular formula is C19H31NO. The highest BCUT2D eigenvalue weighted by molar-refractivity contribution is 5.28. The summed E-state index contributed by atoms with van der Waals surface area (Å²) in [7, 11) is 6.22. The van der Waals surface area contributed by atoms with Crippen LogP contribution in [0.3, 0.4) is 0 Å². The Kier molecular flexibility index (Phi) is 5.32. The van der Waals surface area contributed by atoms with Crippen LogP contribution in [0.1, 0.15) is 45.1 Å². The van der Waals surface area contributed by atoms with Crippen LogP contribution in [0, 0.1) is 11.8 Å². The molecule has 2 nitrogen and oxygen atoms in total. The lowest BCUT2D eigenvalue weighted by atomic mass is 9.70. The van der Waals surface area contributed by atoms with Crippen molar-refractivity contribution in [1.29, 1.82) is 0 Å². The van der Waals surface area contributed by atoms with E-state index in [0.717, 1.165) is 24.0 Å². The summed E-state index contributed by atoms with van der Waals surface area (Å²) >= 11 is 0. The van der Waals surface area contributed by atoms with Gasteiger partial charge in [-0.1, -0.05) is 26.0 Å². The maximum Gasteiger partial charge on any atom is 0.118 e. The maximum atomic E-state index is 5.26. The van der Waals surface area contributed by atoms with Crippen LogP contribution < -0.4 is 4.74 Å². The molecule has 0 unspecified atom stereocenters. The quantitative estimate of drug-likeness (QED) is 0.797. The van der Waals surface area contributed by atoms with Crippen molar-refractivity contribution < 1.29 is 4.74 Å². The number of methoxy groups -OCH3 is 1. The van der Waals surface area contributed by atoms with Crippen LogP contribution in [0.15, 0.2) is 24.3 Å². The smallest absolute Gasteiger partial charge is 0.118 e. The largest absolute Gasteiger partial charge is 0.497 e. The zero-order valence-corrected chi connectivity index (χ0v) is 14.4. The van der Waals surface area contributed by atoms with Crippen LogP contribution in [0.4, 0.5) is 0 Å². The van der Waals surface area contributed by atoms with Gasteiger partial charge in [-0.15, -0.1) is 0 Å². The summed E-state index contributed by atoms with van der Waals surface area (Å²) in [6.07, 6.45) is 6.51. The number of rotatable bonds is 5. The first-order chi connectivity index (χ1) is 9.97. The molecule has 0 bridgehead atoms. The Hall–Kier alpha value is -1.02. The van der Waals surface area contributed by atoms with E-state index in [1.54, 1.807) is 7.11 Å². The molecule has 1 aromatic carbocycles. The molecule has 1 aliphatic carbocycles. The fourth-order valence-corrected chi connectivity index (χ4v) is 3.75. The van der Waals surface area contributed by atoms with E-state index in [0.29, 0.717) is 5.54 Å². The Morgan fingerprint density at radius 2 is 1.71 bits per heavy atom. The molecule has 0 saturated heterocycles. The second kappa shape index (κ2) is 6.83. The predicted molar refractivity (Wildman–Crippen MR) is 89.9 cm³/mol. The molecule has 0 aromatic heterocycles. The Bertz CT molecular complexity index is 427. The van der Waals surface area contributed by atoms with Gasteiger partial charge in [-0.05, 0) is 75.7 Å². The highest BCUT2D eigenvalue weighted by atomic mass is 16.5. The van der Waals surface area contributed by atoms with Crippen molar-refractivity contribution in [3.05, 3.63) is 29.8 Å². The second-order valence-electron chi connectivity index (χ2n) is 7.23. The first kappa shape index (κ1) is 16.4. The molecule has 1 saturated carbocycles. The van der Waals surface area contributed by atoms with Gasteiger partial charge in [0.1, 0.15) is 5.75 Å². The number of nitrogens with zero attached hydrogens (tertiary/aromatic N) is 1. The molecule has 1 aliphatic rings. The van der Waals surface area contributed by atoms with Crippen molar-refractivity contribution in [2.24, 2.45) is 11.8 Å². The molecule has 0 atom stereocenters. The van der Waals surface area contributed by atoms with Crippen molar-refractivity contribution in [3.8, 4) is 5.75 Å². The van der Waals surface area contributed by atoms with Gasteiger partial charge in [0.25, 0.3) is 0 Å². The summed E-state index contributed by atoms with van der Waals surface area (Å²) in [5.41, 5.74) is 1.76. The van der Waals surface area contributed by atoms with Crippen LogP contribution in [0.2, 0.25) is 0 Å². The summed E-state index contributed by atoms with van der Waals surface area (Å²) in [4.78, 5) is 2.47. The fourth-order valence-electron chi connectivity index (χ4n) is 3.75. The van der Waals surface area contributed by atoms with Crippen LogP contribution in [0.25, 0.3) is 0 Å². The van der Waals surface area contributed by atoms with Crippen LogP contribution in [0.5, 0.6) is 5.75 Å². The maximum absolute atomic E-state index is 5.26. The molecule has 1 fully saturated rings. The Balaban J connectivity index is 2.08. The van der Waals surface area contributed by atoms with E-state index in [2.05, 4.69) is 57.1 Å². The number of hydrogen-bond acceptors (Lipinski definition) is 2. The zero-order chi connectivity index (χ0) is 15.5. The van der Waals surface area contributed by atoms with Gasteiger partial charge in [-0.2, -0.15) is 0 Å². The molecule has 2 rings (SSSR count). The van der Waals surface area contributed by atoms with E-state index in [1.807, 2.05) is 0 Å². The van der Waals surface area contributed by atoms with Gasteiger partial charge in [-0.3, -0.25) is 0 Å². The van der Waals surface area contributed by atoms with Crippen molar-refractivity contribution in [2.75, 3.05) is 21.2 Å². The molecule has 1 aromatic rings. The average Bonchev–Trinajstić information content (AvgIpc) is 2.48. The van der Waals surface area contributed by atoms with E-state index < -0.39 is 0 Å². The Morgan fingerprint density at radius 1 is 1.14 bits per heavy atom. The van der Waals surface area contributed by atoms with Gasteiger partial charge in [0.2, 0.25) is 0 Å². The first-order valence-corrected chi connectivity index (χ1v) is 8.27. The second-order valence-corrected chi connectivity index (χ2v) is 7.23. The minimum absolute atomic E-state index is 0.333. The van der Waals surface area contributed by atoms with Crippen molar-refractivity contribution in [1.82, 2.24) is 4.90 Å². The van der Waals surface area contributed by atoms with Crippen LogP contribution >= 0.6 is 0 Å². The van der Waals surface area contributed by atoms with Crippen LogP contribution in [-0.4, -0.2) is 31.6 Å². The Labute approximate surface area is 130 Å². The lowest BCUT2D eigenvalue weighted by molar-refractivity contribution is 0.0683. The van der Waals surface area contributed by atoms with E-state index in [9.17, 15) is 0 Å². The van der Waals surface area contributed by atoms with Gasteiger partial charge in [0.15, 0.2) is 0 Å². The third kappa shape index (κ3) is 3.79. The van der Waals surface area contributed by atoms with Gasteiger partial charge in [0, 0.05) is 5.54 Å². The summed E-state index contributed by atoms with van der Waals surface area (Å²) < 4.78 is 5.26. The molecule has 0 N–H and O–H groups in total. The van der Waals surface area contributed by atoms with Gasteiger partial charge < -0.3 is 9.64 Å². The third-order valence-electron chi connectivity index (χ3n) is 5.54. The highest BCUT2D eigenvalue weighted by Gasteiger charge is 2.37. The van der Waals surface area contributed by atoms with Crippen molar-refractivity contribution in [3.63, 3.8) is 0 Å². The Morgan fingerprint density at radius 3 is 2.14 bits per heavy atom. The number of ether oxygens (including phenoxy) is 1. The van der Waals surface area contributed by atoms with E-state index >= 15 is 0 Å². The monoisotopic (exact) mass is 289 g/mol.